The molecular weight excluding hydrogens is 296 g/mol. The van der Waals surface area contributed by atoms with Crippen molar-refractivity contribution in [2.75, 3.05) is 5.32 Å². The van der Waals surface area contributed by atoms with Crippen LogP contribution in [0.3, 0.4) is 0 Å². The number of thiazole rings is 1. The molecule has 0 unspecified atom stereocenters. The summed E-state index contributed by atoms with van der Waals surface area (Å²) in [4.78, 5) is 5.68. The first-order valence-corrected chi connectivity index (χ1v) is 8.06. The molecule has 0 amide bonds. The molecule has 0 spiro atoms. The highest BCUT2D eigenvalue weighted by Crippen LogP contribution is 2.21. The molecule has 116 valence electrons. The first-order chi connectivity index (χ1) is 10.3. The first kappa shape index (κ1) is 14.9. The summed E-state index contributed by atoms with van der Waals surface area (Å²) in [5.74, 6) is 1.67. The van der Waals surface area contributed by atoms with E-state index in [9.17, 15) is 0 Å². The van der Waals surface area contributed by atoms with E-state index in [-0.39, 0.29) is 5.41 Å². The molecule has 22 heavy (non-hydrogen) atoms. The van der Waals surface area contributed by atoms with Crippen LogP contribution < -0.4 is 5.32 Å². The maximum absolute atomic E-state index is 4.62. The summed E-state index contributed by atoms with van der Waals surface area (Å²) in [5, 5.41) is 17.5. The van der Waals surface area contributed by atoms with E-state index in [1.54, 1.807) is 11.3 Å². The number of aromatic nitrogens is 5. The molecule has 3 aromatic heterocycles. The zero-order valence-electron chi connectivity index (χ0n) is 13.5. The van der Waals surface area contributed by atoms with Crippen LogP contribution >= 0.6 is 11.3 Å². The van der Waals surface area contributed by atoms with Crippen LogP contribution in [0.2, 0.25) is 0 Å². The van der Waals surface area contributed by atoms with Gasteiger partial charge in [-0.25, -0.2) is 4.98 Å². The minimum absolute atomic E-state index is 0.101. The van der Waals surface area contributed by atoms with Crippen molar-refractivity contribution in [1.82, 2.24) is 24.8 Å². The minimum atomic E-state index is -0.101. The minimum Gasteiger partial charge on any atom is -0.364 e. The fourth-order valence-corrected chi connectivity index (χ4v) is 3.14. The van der Waals surface area contributed by atoms with Crippen molar-refractivity contribution in [3.05, 3.63) is 33.5 Å². The quantitative estimate of drug-likeness (QED) is 0.804. The number of hydrogen-bond donors (Lipinski definition) is 1. The van der Waals surface area contributed by atoms with Crippen LogP contribution in [0.15, 0.2) is 12.1 Å². The van der Waals surface area contributed by atoms with E-state index in [1.165, 1.54) is 4.88 Å². The van der Waals surface area contributed by atoms with Gasteiger partial charge in [0.05, 0.1) is 17.2 Å². The van der Waals surface area contributed by atoms with Crippen LogP contribution in [0.25, 0.3) is 5.65 Å². The zero-order valence-corrected chi connectivity index (χ0v) is 14.3. The van der Waals surface area contributed by atoms with Crippen LogP contribution in [-0.4, -0.2) is 24.8 Å². The van der Waals surface area contributed by atoms with Gasteiger partial charge < -0.3 is 5.32 Å². The van der Waals surface area contributed by atoms with Gasteiger partial charge in [0.1, 0.15) is 5.82 Å². The highest BCUT2D eigenvalue weighted by molar-refractivity contribution is 7.11. The molecule has 6 nitrogen and oxygen atoms in total. The van der Waals surface area contributed by atoms with Crippen molar-refractivity contribution >= 4 is 22.8 Å². The topological polar surface area (TPSA) is 68.0 Å². The Kier molecular flexibility index (Phi) is 3.60. The number of fused-ring (bicyclic) bond motifs is 1. The van der Waals surface area contributed by atoms with Crippen LogP contribution in [0, 0.1) is 13.8 Å². The second kappa shape index (κ2) is 5.31. The number of hydrogen-bond acceptors (Lipinski definition) is 6. The molecular formula is C15H20N6S. The van der Waals surface area contributed by atoms with Crippen molar-refractivity contribution in [3.8, 4) is 0 Å². The molecule has 0 aliphatic rings. The average molecular weight is 316 g/mol. The Morgan fingerprint density at radius 3 is 2.59 bits per heavy atom. The summed E-state index contributed by atoms with van der Waals surface area (Å²) in [6.07, 6.45) is 0. The lowest BCUT2D eigenvalue weighted by atomic mass is 9.96. The van der Waals surface area contributed by atoms with Crippen molar-refractivity contribution in [2.45, 2.75) is 46.6 Å². The molecule has 0 aliphatic heterocycles. The van der Waals surface area contributed by atoms with E-state index < -0.39 is 0 Å². The van der Waals surface area contributed by atoms with Gasteiger partial charge >= 0.3 is 0 Å². The molecule has 1 N–H and O–H groups in total. The largest absolute Gasteiger partial charge is 0.364 e. The molecule has 3 rings (SSSR count). The summed E-state index contributed by atoms with van der Waals surface area (Å²) in [7, 11) is 0. The van der Waals surface area contributed by atoms with Crippen molar-refractivity contribution in [2.24, 2.45) is 0 Å². The Bertz CT molecular complexity index is 811. The molecule has 0 radical (unpaired) electrons. The van der Waals surface area contributed by atoms with Crippen molar-refractivity contribution in [1.29, 1.82) is 0 Å². The molecule has 0 saturated heterocycles. The second-order valence-corrected chi connectivity index (χ2v) is 7.64. The maximum atomic E-state index is 4.62. The summed E-state index contributed by atoms with van der Waals surface area (Å²) in [5.41, 5.74) is 1.74. The van der Waals surface area contributed by atoms with Gasteiger partial charge in [-0.15, -0.1) is 26.6 Å². The smallest absolute Gasteiger partial charge is 0.178 e. The Balaban J connectivity index is 1.87. The fraction of sp³-hybridized carbons (Fsp3) is 0.467. The van der Waals surface area contributed by atoms with Gasteiger partial charge in [0.15, 0.2) is 11.5 Å². The molecule has 3 aromatic rings. The predicted octanol–water partition coefficient (Wildman–Crippen LogP) is 3.11. The third-order valence-corrected chi connectivity index (χ3v) is 4.44. The lowest BCUT2D eigenvalue weighted by Gasteiger charge is -2.15. The van der Waals surface area contributed by atoms with Gasteiger partial charge in [-0.05, 0) is 26.0 Å². The fourth-order valence-electron chi connectivity index (χ4n) is 2.26. The number of rotatable bonds is 3. The summed E-state index contributed by atoms with van der Waals surface area (Å²) in [6, 6.07) is 3.86. The molecule has 0 aliphatic carbocycles. The molecule has 0 saturated carbocycles. The lowest BCUT2D eigenvalue weighted by Crippen LogP contribution is -2.17. The molecule has 7 heteroatoms. The molecule has 0 bridgehead atoms. The van der Waals surface area contributed by atoms with Crippen molar-refractivity contribution in [3.63, 3.8) is 0 Å². The Morgan fingerprint density at radius 2 is 1.95 bits per heavy atom. The predicted molar refractivity (Wildman–Crippen MR) is 88.4 cm³/mol. The van der Waals surface area contributed by atoms with E-state index in [1.807, 2.05) is 30.5 Å². The highest BCUT2D eigenvalue weighted by Gasteiger charge is 2.21. The zero-order chi connectivity index (χ0) is 15.9. The highest BCUT2D eigenvalue weighted by atomic mass is 32.1. The Labute approximate surface area is 133 Å². The van der Waals surface area contributed by atoms with Gasteiger partial charge in [-0.1, -0.05) is 20.8 Å². The Morgan fingerprint density at radius 1 is 1.18 bits per heavy atom. The van der Waals surface area contributed by atoms with Crippen LogP contribution in [0.5, 0.6) is 0 Å². The number of nitrogens with zero attached hydrogens (tertiary/aromatic N) is 5. The normalized spacial score (nSPS) is 12.0. The number of anilines is 1. The van der Waals surface area contributed by atoms with Crippen LogP contribution in [0.4, 0.5) is 5.82 Å². The Hall–Kier alpha value is -2.02. The molecule has 0 fully saturated rings. The molecule has 3 heterocycles. The molecule has 0 atom stereocenters. The SMILES string of the molecule is Cc1nc(C)c(CNc2ccc3nnc(C(C)(C)C)n3n2)s1. The van der Waals surface area contributed by atoms with Gasteiger partial charge in [-0.2, -0.15) is 4.52 Å². The third-order valence-electron chi connectivity index (χ3n) is 3.36. The standard InChI is InChI=1S/C15H20N6S/c1-9-11(22-10(2)17-9)8-16-12-6-7-13-18-19-14(15(3,4)5)21(13)20-12/h6-7H,8H2,1-5H3,(H,16,20). The summed E-state index contributed by atoms with van der Waals surface area (Å²) >= 11 is 1.71. The number of nitrogens with one attached hydrogen (secondary N) is 1. The van der Waals surface area contributed by atoms with Gasteiger partial charge in [0.25, 0.3) is 0 Å². The van der Waals surface area contributed by atoms with E-state index in [4.69, 9.17) is 0 Å². The summed E-state index contributed by atoms with van der Waals surface area (Å²) in [6.45, 7) is 11.1. The number of aryl methyl sites for hydroxylation is 2. The van der Waals surface area contributed by atoms with Gasteiger partial charge in [0, 0.05) is 10.3 Å². The van der Waals surface area contributed by atoms with Gasteiger partial charge in [-0.3, -0.25) is 0 Å². The third kappa shape index (κ3) is 2.81. The summed E-state index contributed by atoms with van der Waals surface area (Å²) < 4.78 is 1.81. The average Bonchev–Trinajstić information content (AvgIpc) is 2.98. The van der Waals surface area contributed by atoms with Crippen LogP contribution in [-0.2, 0) is 12.0 Å². The van der Waals surface area contributed by atoms with Gasteiger partial charge in [0.2, 0.25) is 0 Å². The lowest BCUT2D eigenvalue weighted by molar-refractivity contribution is 0.527. The van der Waals surface area contributed by atoms with Crippen molar-refractivity contribution < 1.29 is 0 Å². The monoisotopic (exact) mass is 316 g/mol. The van der Waals surface area contributed by atoms with Crippen LogP contribution in [0.1, 0.15) is 42.2 Å². The molecule has 0 aromatic carbocycles. The first-order valence-electron chi connectivity index (χ1n) is 7.24. The maximum Gasteiger partial charge on any atom is 0.178 e. The van der Waals surface area contributed by atoms with E-state index in [0.717, 1.165) is 34.5 Å². The van der Waals surface area contributed by atoms with E-state index >= 15 is 0 Å². The van der Waals surface area contributed by atoms with E-state index in [2.05, 4.69) is 46.4 Å². The second-order valence-electron chi connectivity index (χ2n) is 6.36. The van der Waals surface area contributed by atoms with E-state index in [0.29, 0.717) is 0 Å².